The minimum absolute atomic E-state index is 0.0384. The number of likely N-dealkylation sites (tertiary alicyclic amines) is 1. The molecular formula is C21H25ClN2O. The zero-order valence-corrected chi connectivity index (χ0v) is 15.2. The SMILES string of the molecule is N[C@@H]1CCCN([C@H]2CCc3ccccc3[C@@H]2Oc2ccc(Cl)cc2)C1. The maximum absolute atomic E-state index is 6.50. The zero-order chi connectivity index (χ0) is 17.2. The van der Waals surface area contributed by atoms with E-state index >= 15 is 0 Å². The topological polar surface area (TPSA) is 38.5 Å². The van der Waals surface area contributed by atoms with E-state index in [1.54, 1.807) is 0 Å². The summed E-state index contributed by atoms with van der Waals surface area (Å²) >= 11 is 6.02. The third kappa shape index (κ3) is 3.69. The Kier molecular flexibility index (Phi) is 4.98. The first kappa shape index (κ1) is 16.9. The van der Waals surface area contributed by atoms with Crippen molar-refractivity contribution in [2.45, 2.75) is 43.9 Å². The molecule has 1 fully saturated rings. The maximum atomic E-state index is 6.50. The van der Waals surface area contributed by atoms with Crippen molar-refractivity contribution in [1.29, 1.82) is 0 Å². The molecule has 2 aliphatic rings. The summed E-state index contributed by atoms with van der Waals surface area (Å²) in [6.07, 6.45) is 4.56. The molecule has 25 heavy (non-hydrogen) atoms. The van der Waals surface area contributed by atoms with Gasteiger partial charge in [0.2, 0.25) is 0 Å². The van der Waals surface area contributed by atoms with Gasteiger partial charge in [-0.05, 0) is 67.6 Å². The third-order valence-corrected chi connectivity index (χ3v) is 5.71. The van der Waals surface area contributed by atoms with E-state index in [2.05, 4.69) is 29.2 Å². The molecule has 1 heterocycles. The van der Waals surface area contributed by atoms with Crippen molar-refractivity contribution < 1.29 is 4.74 Å². The van der Waals surface area contributed by atoms with Crippen molar-refractivity contribution >= 4 is 11.6 Å². The normalized spacial score (nSPS) is 26.9. The maximum Gasteiger partial charge on any atom is 0.139 e. The van der Waals surface area contributed by atoms with Crippen LogP contribution in [0.5, 0.6) is 5.75 Å². The van der Waals surface area contributed by atoms with Gasteiger partial charge in [0.05, 0.1) is 6.04 Å². The number of hydrogen-bond acceptors (Lipinski definition) is 3. The number of halogens is 1. The largest absolute Gasteiger partial charge is 0.484 e. The molecule has 2 N–H and O–H groups in total. The number of rotatable bonds is 3. The fourth-order valence-corrected chi connectivity index (χ4v) is 4.34. The highest BCUT2D eigenvalue weighted by atomic mass is 35.5. The van der Waals surface area contributed by atoms with Gasteiger partial charge in [0, 0.05) is 17.6 Å². The monoisotopic (exact) mass is 356 g/mol. The molecule has 0 bridgehead atoms. The van der Waals surface area contributed by atoms with Gasteiger partial charge in [-0.25, -0.2) is 0 Å². The second kappa shape index (κ2) is 7.36. The molecule has 1 aliphatic heterocycles. The number of nitrogens with zero attached hydrogens (tertiary/aromatic N) is 1. The molecule has 3 nitrogen and oxygen atoms in total. The van der Waals surface area contributed by atoms with E-state index in [0.717, 1.165) is 43.1 Å². The predicted molar refractivity (Wildman–Crippen MR) is 102 cm³/mol. The number of aryl methyl sites for hydroxylation is 1. The number of hydrogen-bond donors (Lipinski definition) is 1. The molecule has 0 radical (unpaired) electrons. The Morgan fingerprint density at radius 2 is 1.84 bits per heavy atom. The lowest BCUT2D eigenvalue weighted by atomic mass is 9.84. The first-order valence-electron chi connectivity index (χ1n) is 9.20. The standard InChI is InChI=1S/C21H25ClN2O/c22-16-8-10-18(11-9-16)25-21-19-6-2-1-4-15(19)7-12-20(21)24-13-3-5-17(23)14-24/h1-2,4,6,8-11,17,20-21H,3,5,7,12-14,23H2/t17-,20+,21+/m1/s1. The molecule has 2 aromatic carbocycles. The van der Waals surface area contributed by atoms with Crippen LogP contribution >= 0.6 is 11.6 Å². The Morgan fingerprint density at radius 1 is 1.04 bits per heavy atom. The van der Waals surface area contributed by atoms with Crippen LogP contribution in [-0.4, -0.2) is 30.1 Å². The van der Waals surface area contributed by atoms with Gasteiger partial charge in [0.25, 0.3) is 0 Å². The highest BCUT2D eigenvalue weighted by molar-refractivity contribution is 6.30. The van der Waals surface area contributed by atoms with E-state index in [1.165, 1.54) is 17.5 Å². The van der Waals surface area contributed by atoms with E-state index in [1.807, 2.05) is 24.3 Å². The van der Waals surface area contributed by atoms with Crippen LogP contribution < -0.4 is 10.5 Å². The third-order valence-electron chi connectivity index (χ3n) is 5.46. The van der Waals surface area contributed by atoms with E-state index in [9.17, 15) is 0 Å². The fourth-order valence-electron chi connectivity index (χ4n) is 4.22. The highest BCUT2D eigenvalue weighted by Gasteiger charge is 2.36. The van der Waals surface area contributed by atoms with Gasteiger partial charge >= 0.3 is 0 Å². The van der Waals surface area contributed by atoms with Gasteiger partial charge in [0.1, 0.15) is 11.9 Å². The van der Waals surface area contributed by atoms with Gasteiger partial charge in [0.15, 0.2) is 0 Å². The Balaban J connectivity index is 1.64. The summed E-state index contributed by atoms with van der Waals surface area (Å²) in [4.78, 5) is 2.55. The second-order valence-corrected chi connectivity index (χ2v) is 7.63. The molecule has 0 aromatic heterocycles. The summed E-state index contributed by atoms with van der Waals surface area (Å²) in [7, 11) is 0. The van der Waals surface area contributed by atoms with Crippen molar-refractivity contribution in [2.24, 2.45) is 5.73 Å². The number of nitrogens with two attached hydrogens (primary N) is 1. The van der Waals surface area contributed by atoms with Gasteiger partial charge in [-0.3, -0.25) is 4.90 Å². The first-order chi connectivity index (χ1) is 12.2. The average Bonchev–Trinajstić information content (AvgIpc) is 2.64. The summed E-state index contributed by atoms with van der Waals surface area (Å²) < 4.78 is 6.50. The number of ether oxygens (including phenoxy) is 1. The molecule has 4 rings (SSSR count). The molecular weight excluding hydrogens is 332 g/mol. The van der Waals surface area contributed by atoms with Crippen LogP contribution in [-0.2, 0) is 6.42 Å². The predicted octanol–water partition coefficient (Wildman–Crippen LogP) is 4.20. The van der Waals surface area contributed by atoms with Crippen molar-refractivity contribution in [3.63, 3.8) is 0 Å². The molecule has 2 aromatic rings. The van der Waals surface area contributed by atoms with Crippen LogP contribution in [0.4, 0.5) is 0 Å². The van der Waals surface area contributed by atoms with Crippen molar-refractivity contribution in [3.05, 3.63) is 64.7 Å². The highest BCUT2D eigenvalue weighted by Crippen LogP contribution is 2.37. The molecule has 1 aliphatic carbocycles. The number of benzene rings is 2. The summed E-state index contributed by atoms with van der Waals surface area (Å²) in [6, 6.07) is 17.0. The molecule has 0 amide bonds. The Hall–Kier alpha value is -1.55. The van der Waals surface area contributed by atoms with E-state index in [-0.39, 0.29) is 12.1 Å². The van der Waals surface area contributed by atoms with Crippen LogP contribution in [0.15, 0.2) is 48.5 Å². The molecule has 1 saturated heterocycles. The minimum atomic E-state index is 0.0384. The summed E-state index contributed by atoms with van der Waals surface area (Å²) in [6.45, 7) is 2.08. The van der Waals surface area contributed by atoms with Gasteiger partial charge in [-0.15, -0.1) is 0 Å². The quantitative estimate of drug-likeness (QED) is 0.895. The number of fused-ring (bicyclic) bond motifs is 1. The van der Waals surface area contributed by atoms with Crippen LogP contribution in [0, 0.1) is 0 Å². The van der Waals surface area contributed by atoms with Crippen LogP contribution in [0.3, 0.4) is 0 Å². The summed E-state index contributed by atoms with van der Waals surface area (Å²) in [5.41, 5.74) is 8.96. The molecule has 0 unspecified atom stereocenters. The Morgan fingerprint density at radius 3 is 2.64 bits per heavy atom. The van der Waals surface area contributed by atoms with Crippen LogP contribution in [0.1, 0.15) is 36.5 Å². The summed E-state index contributed by atoms with van der Waals surface area (Å²) in [5, 5.41) is 0.731. The van der Waals surface area contributed by atoms with Gasteiger partial charge in [-0.2, -0.15) is 0 Å². The lowest BCUT2D eigenvalue weighted by Crippen LogP contribution is -2.51. The van der Waals surface area contributed by atoms with Gasteiger partial charge in [-0.1, -0.05) is 35.9 Å². The van der Waals surface area contributed by atoms with E-state index in [4.69, 9.17) is 22.1 Å². The van der Waals surface area contributed by atoms with Crippen LogP contribution in [0.25, 0.3) is 0 Å². The Labute approximate surface area is 154 Å². The summed E-state index contributed by atoms with van der Waals surface area (Å²) in [5.74, 6) is 0.873. The Bertz CT molecular complexity index is 718. The molecule has 3 atom stereocenters. The van der Waals surface area contributed by atoms with E-state index in [0.29, 0.717) is 6.04 Å². The molecule has 0 spiro atoms. The lowest BCUT2D eigenvalue weighted by molar-refractivity contribution is 0.0367. The number of piperidine rings is 1. The molecule has 132 valence electrons. The van der Waals surface area contributed by atoms with E-state index < -0.39 is 0 Å². The smallest absolute Gasteiger partial charge is 0.139 e. The van der Waals surface area contributed by atoms with Gasteiger partial charge < -0.3 is 10.5 Å². The average molecular weight is 357 g/mol. The van der Waals surface area contributed by atoms with Crippen molar-refractivity contribution in [2.75, 3.05) is 13.1 Å². The molecule has 4 heteroatoms. The zero-order valence-electron chi connectivity index (χ0n) is 14.4. The second-order valence-electron chi connectivity index (χ2n) is 7.19. The minimum Gasteiger partial charge on any atom is -0.484 e. The lowest BCUT2D eigenvalue weighted by Gasteiger charge is -2.43. The fraction of sp³-hybridized carbons (Fsp3) is 0.429. The van der Waals surface area contributed by atoms with Crippen molar-refractivity contribution in [1.82, 2.24) is 4.90 Å². The first-order valence-corrected chi connectivity index (χ1v) is 9.58. The van der Waals surface area contributed by atoms with Crippen molar-refractivity contribution in [3.8, 4) is 5.75 Å². The molecule has 0 saturated carbocycles. The van der Waals surface area contributed by atoms with Crippen LogP contribution in [0.2, 0.25) is 5.02 Å².